The van der Waals surface area contributed by atoms with E-state index < -0.39 is 12.6 Å². The van der Waals surface area contributed by atoms with Crippen LogP contribution < -0.4 is 0 Å². The number of likely N-dealkylation sites (tertiary alicyclic amines) is 1. The van der Waals surface area contributed by atoms with Gasteiger partial charge in [0.2, 0.25) is 0 Å². The van der Waals surface area contributed by atoms with Gasteiger partial charge in [0, 0.05) is 73.0 Å². The highest BCUT2D eigenvalue weighted by atomic mass is 16.7. The van der Waals surface area contributed by atoms with Gasteiger partial charge in [0.15, 0.2) is 30.1 Å². The van der Waals surface area contributed by atoms with Gasteiger partial charge in [0.1, 0.15) is 0 Å². The Labute approximate surface area is 301 Å². The van der Waals surface area contributed by atoms with Crippen LogP contribution in [0.1, 0.15) is 120 Å². The van der Waals surface area contributed by atoms with Gasteiger partial charge < -0.3 is 34.1 Å². The van der Waals surface area contributed by atoms with Crippen LogP contribution >= 0.6 is 0 Å². The molecule has 11 nitrogen and oxygen atoms in total. The Morgan fingerprint density at radius 2 is 1.41 bits per heavy atom. The number of allylic oxidation sites excluding steroid dienone is 5. The van der Waals surface area contributed by atoms with Gasteiger partial charge in [-0.15, -0.1) is 0 Å². The second-order valence-electron chi connectivity index (χ2n) is 15.0. The van der Waals surface area contributed by atoms with Crippen molar-refractivity contribution >= 4 is 17.7 Å². The van der Waals surface area contributed by atoms with Crippen LogP contribution in [0, 0.1) is 17.8 Å². The van der Waals surface area contributed by atoms with E-state index in [0.717, 1.165) is 86.9 Å². The van der Waals surface area contributed by atoms with Crippen LogP contribution in [0.25, 0.3) is 0 Å². The van der Waals surface area contributed by atoms with E-state index in [0.29, 0.717) is 63.1 Å². The fraction of sp³-hybridized carbons (Fsp3) is 0.675. The lowest BCUT2D eigenvalue weighted by Gasteiger charge is -2.29. The van der Waals surface area contributed by atoms with Gasteiger partial charge in [-0.3, -0.25) is 19.0 Å². The molecule has 0 radical (unpaired) electrons. The van der Waals surface area contributed by atoms with Gasteiger partial charge in [0.05, 0.1) is 13.2 Å². The molecule has 2 heterocycles. The first-order valence-electron chi connectivity index (χ1n) is 19.2. The molecule has 7 atom stereocenters. The van der Waals surface area contributed by atoms with Crippen LogP contribution in [0.4, 0.5) is 0 Å². The topological polar surface area (TPSA) is 137 Å². The van der Waals surface area contributed by atoms with E-state index in [-0.39, 0.29) is 47.9 Å². The normalized spacial score (nSPS) is 25.3. The lowest BCUT2D eigenvalue weighted by atomic mass is 9.73. The molecule has 6 rings (SSSR count). The Balaban J connectivity index is 0.727. The molecule has 2 fully saturated rings. The number of ether oxygens (including phenoxy) is 4. The molecule has 1 saturated heterocycles. The number of ketones is 1. The van der Waals surface area contributed by atoms with Crippen molar-refractivity contribution in [2.75, 3.05) is 26.3 Å². The number of hydrogen-bond acceptors (Lipinski definition) is 10. The van der Waals surface area contributed by atoms with Gasteiger partial charge in [-0.1, -0.05) is 37.6 Å². The predicted octanol–water partition coefficient (Wildman–Crippen LogP) is 6.73. The Kier molecular flexibility index (Phi) is 12.3. The molecule has 1 aromatic heterocycles. The Morgan fingerprint density at radius 3 is 2.00 bits per heavy atom. The lowest BCUT2D eigenvalue weighted by Crippen LogP contribution is -2.32. The van der Waals surface area contributed by atoms with Crippen LogP contribution in [0.2, 0.25) is 0 Å². The number of unbranched alkanes of at least 4 members (excludes halogenated alkanes) is 5. The van der Waals surface area contributed by atoms with Crippen molar-refractivity contribution in [3.63, 3.8) is 0 Å². The fourth-order valence-electron chi connectivity index (χ4n) is 8.87. The molecule has 1 saturated carbocycles. The summed E-state index contributed by atoms with van der Waals surface area (Å²) in [4.78, 5) is 39.5. The van der Waals surface area contributed by atoms with Crippen molar-refractivity contribution in [3.8, 4) is 11.8 Å². The summed E-state index contributed by atoms with van der Waals surface area (Å²) in [6, 6.07) is 0. The highest BCUT2D eigenvalue weighted by Gasteiger charge is 2.50. The number of aromatic nitrogens is 1. The smallest absolute Gasteiger partial charge is 0.308 e. The summed E-state index contributed by atoms with van der Waals surface area (Å²) in [6.45, 7) is 10.8. The molecule has 11 heteroatoms. The monoisotopic (exact) mass is 708 g/mol. The lowest BCUT2D eigenvalue weighted by molar-refractivity contribution is -0.178. The Hall–Kier alpha value is -3.57. The van der Waals surface area contributed by atoms with Crippen molar-refractivity contribution in [1.82, 2.24) is 9.47 Å². The molecule has 0 spiro atoms. The van der Waals surface area contributed by atoms with Crippen LogP contribution in [0.15, 0.2) is 36.1 Å². The second kappa shape index (κ2) is 16.8. The van der Waals surface area contributed by atoms with E-state index in [1.165, 1.54) is 0 Å². The molecule has 1 aromatic rings. The standard InChI is InChI=1S/C40H56N2O9/c1-25-35-28-16-17-31(23-28)38(45)32(35)24-41(25)18-8-4-6-12-33(43)50-26(2)48-20-10-11-21-49-27(3)51-34(44)13-7-5-9-19-42-39(46)36-29-14-15-30(22-29)37(36)40(42)47/h14-15,17,26-30,32,35,46-47H,1,4-13,16,18-24H2,2-3H3. The summed E-state index contributed by atoms with van der Waals surface area (Å²) in [6.07, 6.45) is 14.8. The summed E-state index contributed by atoms with van der Waals surface area (Å²) in [5, 5.41) is 21.2. The van der Waals surface area contributed by atoms with Crippen molar-refractivity contribution in [2.45, 2.75) is 128 Å². The van der Waals surface area contributed by atoms with E-state index in [4.69, 9.17) is 18.9 Å². The number of nitrogens with zero attached hydrogens (tertiary/aromatic N) is 2. The van der Waals surface area contributed by atoms with Crippen LogP contribution in [-0.2, 0) is 39.9 Å². The first-order valence-corrected chi connectivity index (χ1v) is 19.2. The maximum absolute atomic E-state index is 12.7. The van der Waals surface area contributed by atoms with Gasteiger partial charge in [-0.05, 0) is 83.1 Å². The SMILES string of the molecule is C=C1C2C3CC=C(C3)C(=O)C2CN1CCCCCC(=O)OC(C)OCCCCOC(C)OC(=O)CCCCCn1c(O)c2c(c1O)C1C=CC2C1. The number of carbonyl (C=O) groups excluding carboxylic acids is 3. The van der Waals surface area contributed by atoms with Gasteiger partial charge in [-0.25, -0.2) is 0 Å². The van der Waals surface area contributed by atoms with E-state index in [1.54, 1.807) is 18.4 Å². The third kappa shape index (κ3) is 8.57. The first kappa shape index (κ1) is 37.2. The van der Waals surface area contributed by atoms with Crippen molar-refractivity contribution in [1.29, 1.82) is 0 Å². The summed E-state index contributed by atoms with van der Waals surface area (Å²) in [5.74, 6) is 1.46. The molecular formula is C40H56N2O9. The highest BCUT2D eigenvalue weighted by Crippen LogP contribution is 2.56. The third-order valence-electron chi connectivity index (χ3n) is 11.5. The molecule has 2 N–H and O–H groups in total. The summed E-state index contributed by atoms with van der Waals surface area (Å²) < 4.78 is 23.6. The molecule has 4 bridgehead atoms. The van der Waals surface area contributed by atoms with Crippen molar-refractivity contribution in [3.05, 3.63) is 47.2 Å². The molecule has 0 amide bonds. The molecule has 51 heavy (non-hydrogen) atoms. The zero-order valence-corrected chi connectivity index (χ0v) is 30.4. The molecule has 4 aliphatic carbocycles. The average Bonchev–Trinajstić information content (AvgIpc) is 3.92. The predicted molar refractivity (Wildman–Crippen MR) is 190 cm³/mol. The molecular weight excluding hydrogens is 652 g/mol. The summed E-state index contributed by atoms with van der Waals surface area (Å²) in [7, 11) is 0. The molecule has 1 aliphatic heterocycles. The maximum Gasteiger partial charge on any atom is 0.308 e. The third-order valence-corrected chi connectivity index (χ3v) is 11.5. The number of rotatable bonds is 21. The van der Waals surface area contributed by atoms with E-state index >= 15 is 0 Å². The first-order chi connectivity index (χ1) is 24.6. The minimum Gasteiger partial charge on any atom is -0.494 e. The zero-order chi connectivity index (χ0) is 36.1. The van der Waals surface area contributed by atoms with E-state index in [1.807, 2.05) is 0 Å². The summed E-state index contributed by atoms with van der Waals surface area (Å²) in [5.41, 5.74) is 3.92. The number of Topliss-reactive ketones (excluding diaryl/α,β-unsaturated/α-hetero) is 1. The van der Waals surface area contributed by atoms with Gasteiger partial charge >= 0.3 is 11.9 Å². The van der Waals surface area contributed by atoms with E-state index in [2.05, 4.69) is 29.7 Å². The van der Waals surface area contributed by atoms with Crippen molar-refractivity contribution in [2.24, 2.45) is 17.8 Å². The highest BCUT2D eigenvalue weighted by molar-refractivity contribution is 5.99. The molecule has 5 aliphatic rings. The van der Waals surface area contributed by atoms with Gasteiger partial charge in [0.25, 0.3) is 0 Å². The number of aromatic hydroxyl groups is 2. The summed E-state index contributed by atoms with van der Waals surface area (Å²) >= 11 is 0. The fourth-order valence-corrected chi connectivity index (χ4v) is 8.87. The Bertz CT molecular complexity index is 1480. The number of fused-ring (bicyclic) bond motifs is 9. The van der Waals surface area contributed by atoms with Crippen LogP contribution in [0.3, 0.4) is 0 Å². The van der Waals surface area contributed by atoms with Crippen molar-refractivity contribution < 1.29 is 43.5 Å². The number of carbonyl (C=O) groups is 3. The number of hydrogen-bond donors (Lipinski definition) is 2. The van der Waals surface area contributed by atoms with Crippen LogP contribution in [-0.4, -0.2) is 76.3 Å². The van der Waals surface area contributed by atoms with Crippen LogP contribution in [0.5, 0.6) is 11.8 Å². The molecule has 280 valence electrons. The average molecular weight is 709 g/mol. The zero-order valence-electron chi connectivity index (χ0n) is 30.4. The Morgan fingerprint density at radius 1 is 0.843 bits per heavy atom. The molecule has 0 aromatic carbocycles. The van der Waals surface area contributed by atoms with E-state index in [9.17, 15) is 24.6 Å². The van der Waals surface area contributed by atoms with Gasteiger partial charge in [-0.2, -0.15) is 0 Å². The number of esters is 2. The molecule has 7 unspecified atom stereocenters. The maximum atomic E-state index is 12.7. The minimum atomic E-state index is -0.644. The quantitative estimate of drug-likeness (QED) is 0.0612. The largest absolute Gasteiger partial charge is 0.494 e. The minimum absolute atomic E-state index is 0.0839. The second-order valence-corrected chi connectivity index (χ2v) is 15.0.